The summed E-state index contributed by atoms with van der Waals surface area (Å²) in [4.78, 5) is 27.8. The van der Waals surface area contributed by atoms with E-state index in [1.54, 1.807) is 30.3 Å². The van der Waals surface area contributed by atoms with E-state index < -0.39 is 0 Å². The van der Waals surface area contributed by atoms with E-state index in [9.17, 15) is 9.59 Å². The highest BCUT2D eigenvalue weighted by atomic mass is 16.5. The van der Waals surface area contributed by atoms with Gasteiger partial charge in [-0.1, -0.05) is 12.1 Å². The molecule has 7 nitrogen and oxygen atoms in total. The number of likely N-dealkylation sites (N-methyl/N-ethyl adjacent to an activating group) is 1. The quantitative estimate of drug-likeness (QED) is 0.752. The summed E-state index contributed by atoms with van der Waals surface area (Å²) in [5.74, 6) is 0.518. The molecule has 138 valence electrons. The summed E-state index contributed by atoms with van der Waals surface area (Å²) in [6.45, 7) is 4.46. The van der Waals surface area contributed by atoms with E-state index in [1.165, 1.54) is 7.11 Å². The zero-order chi connectivity index (χ0) is 18.9. The zero-order valence-corrected chi connectivity index (χ0v) is 15.2. The van der Waals surface area contributed by atoms with E-state index in [1.807, 2.05) is 19.9 Å². The van der Waals surface area contributed by atoms with Gasteiger partial charge in [-0.3, -0.25) is 9.59 Å². The number of carbonyl (C=O) groups excluding carboxylic acids is 2. The average Bonchev–Trinajstić information content (AvgIpc) is 2.64. The number of carbonyl (C=O) groups is 2. The molecule has 0 spiro atoms. The van der Waals surface area contributed by atoms with Crippen LogP contribution in [0.3, 0.4) is 0 Å². The fraction of sp³-hybridized carbons (Fsp3) is 0.316. The molecule has 7 heteroatoms. The Balaban J connectivity index is 1.97. The van der Waals surface area contributed by atoms with Crippen molar-refractivity contribution in [1.82, 2.24) is 15.6 Å². The Labute approximate surface area is 152 Å². The smallest absolute Gasteiger partial charge is 0.270 e. The fourth-order valence-electron chi connectivity index (χ4n) is 2.28. The molecule has 0 saturated carbocycles. The van der Waals surface area contributed by atoms with Crippen molar-refractivity contribution < 1.29 is 19.1 Å². The lowest BCUT2D eigenvalue weighted by atomic mass is 10.2. The highest BCUT2D eigenvalue weighted by Gasteiger charge is 2.10. The number of hydrogen-bond acceptors (Lipinski definition) is 5. The molecule has 26 heavy (non-hydrogen) atoms. The Kier molecular flexibility index (Phi) is 6.96. The molecule has 0 aliphatic carbocycles. The minimum atomic E-state index is -0.246. The lowest BCUT2D eigenvalue weighted by Gasteiger charge is -2.12. The van der Waals surface area contributed by atoms with E-state index in [0.717, 1.165) is 11.3 Å². The molecule has 1 aromatic heterocycles. The van der Waals surface area contributed by atoms with Gasteiger partial charge in [-0.2, -0.15) is 0 Å². The van der Waals surface area contributed by atoms with Crippen LogP contribution in [0, 0.1) is 6.92 Å². The Bertz CT molecular complexity index is 777. The number of methoxy groups -OCH3 is 1. The number of benzene rings is 1. The van der Waals surface area contributed by atoms with Crippen molar-refractivity contribution in [1.29, 1.82) is 0 Å². The SMILES string of the molecule is CCNC(=O)COc1ccc(CNC(=O)c2cccc(C)n2)cc1OC. The number of nitrogens with zero attached hydrogens (tertiary/aromatic N) is 1. The first kappa shape index (κ1) is 19.2. The second kappa shape index (κ2) is 9.41. The molecule has 2 rings (SSSR count). The molecule has 0 unspecified atom stereocenters. The summed E-state index contributed by atoms with van der Waals surface area (Å²) in [7, 11) is 1.52. The topological polar surface area (TPSA) is 89.6 Å². The van der Waals surface area contributed by atoms with Crippen LogP contribution in [0.2, 0.25) is 0 Å². The van der Waals surface area contributed by atoms with Crippen LogP contribution < -0.4 is 20.1 Å². The van der Waals surface area contributed by atoms with Gasteiger partial charge in [0.25, 0.3) is 11.8 Å². The van der Waals surface area contributed by atoms with Crippen LogP contribution in [0.15, 0.2) is 36.4 Å². The molecule has 0 fully saturated rings. The number of ether oxygens (including phenoxy) is 2. The molecule has 0 bridgehead atoms. The summed E-state index contributed by atoms with van der Waals surface area (Å²) in [6, 6.07) is 10.6. The Morgan fingerprint density at radius 1 is 1.12 bits per heavy atom. The third-order valence-electron chi connectivity index (χ3n) is 3.53. The first-order valence-corrected chi connectivity index (χ1v) is 8.31. The van der Waals surface area contributed by atoms with Crippen LogP contribution in [0.1, 0.15) is 28.7 Å². The normalized spacial score (nSPS) is 10.1. The van der Waals surface area contributed by atoms with Gasteiger partial charge in [-0.15, -0.1) is 0 Å². The van der Waals surface area contributed by atoms with Crippen molar-refractivity contribution in [2.75, 3.05) is 20.3 Å². The first-order valence-electron chi connectivity index (χ1n) is 8.31. The minimum absolute atomic E-state index is 0.0840. The fourth-order valence-corrected chi connectivity index (χ4v) is 2.28. The van der Waals surface area contributed by atoms with Gasteiger partial charge in [0.15, 0.2) is 18.1 Å². The highest BCUT2D eigenvalue weighted by molar-refractivity contribution is 5.92. The summed E-state index contributed by atoms with van der Waals surface area (Å²) in [5.41, 5.74) is 2.00. The van der Waals surface area contributed by atoms with Crippen LogP contribution >= 0.6 is 0 Å². The van der Waals surface area contributed by atoms with Gasteiger partial charge in [0.05, 0.1) is 7.11 Å². The number of hydrogen-bond donors (Lipinski definition) is 2. The predicted octanol–water partition coefficient (Wildman–Crippen LogP) is 1.84. The highest BCUT2D eigenvalue weighted by Crippen LogP contribution is 2.28. The summed E-state index contributed by atoms with van der Waals surface area (Å²) in [5, 5.41) is 5.48. The summed E-state index contributed by atoms with van der Waals surface area (Å²) < 4.78 is 10.8. The lowest BCUT2D eigenvalue weighted by molar-refractivity contribution is -0.123. The molecule has 2 aromatic rings. The van der Waals surface area contributed by atoms with Gasteiger partial charge in [-0.25, -0.2) is 4.98 Å². The molecule has 1 aromatic carbocycles. The molecule has 1 heterocycles. The molecular formula is C19H23N3O4. The number of rotatable bonds is 8. The van der Waals surface area contributed by atoms with Crippen LogP contribution in [-0.2, 0) is 11.3 Å². The van der Waals surface area contributed by atoms with Crippen LogP contribution in [0.4, 0.5) is 0 Å². The van der Waals surface area contributed by atoms with Gasteiger partial charge < -0.3 is 20.1 Å². The third-order valence-corrected chi connectivity index (χ3v) is 3.53. The van der Waals surface area contributed by atoms with Gasteiger partial charge in [0.1, 0.15) is 5.69 Å². The van der Waals surface area contributed by atoms with Crippen LogP contribution in [-0.4, -0.2) is 37.1 Å². The van der Waals surface area contributed by atoms with E-state index in [2.05, 4.69) is 15.6 Å². The van der Waals surface area contributed by atoms with Gasteiger partial charge >= 0.3 is 0 Å². The molecule has 0 aliphatic rings. The molecule has 2 N–H and O–H groups in total. The number of aromatic nitrogens is 1. The Morgan fingerprint density at radius 2 is 1.92 bits per heavy atom. The number of aryl methyl sites for hydroxylation is 1. The predicted molar refractivity (Wildman–Crippen MR) is 97.3 cm³/mol. The first-order chi connectivity index (χ1) is 12.5. The minimum Gasteiger partial charge on any atom is -0.493 e. The maximum atomic E-state index is 12.2. The number of amides is 2. The maximum absolute atomic E-state index is 12.2. The molecule has 0 aliphatic heterocycles. The van der Waals surface area contributed by atoms with Crippen molar-refractivity contribution in [3.05, 3.63) is 53.3 Å². The Morgan fingerprint density at radius 3 is 2.62 bits per heavy atom. The maximum Gasteiger partial charge on any atom is 0.270 e. The van der Waals surface area contributed by atoms with Crippen molar-refractivity contribution in [3.63, 3.8) is 0 Å². The second-order valence-corrected chi connectivity index (χ2v) is 5.57. The summed E-state index contributed by atoms with van der Waals surface area (Å²) in [6.07, 6.45) is 0. The zero-order valence-electron chi connectivity index (χ0n) is 15.2. The molecule has 0 atom stereocenters. The van der Waals surface area contributed by atoms with E-state index in [-0.39, 0.29) is 18.4 Å². The molecule has 2 amide bonds. The van der Waals surface area contributed by atoms with E-state index in [0.29, 0.717) is 30.3 Å². The lowest BCUT2D eigenvalue weighted by Crippen LogP contribution is -2.28. The van der Waals surface area contributed by atoms with Crippen molar-refractivity contribution >= 4 is 11.8 Å². The average molecular weight is 357 g/mol. The Hall–Kier alpha value is -3.09. The number of pyridine rings is 1. The van der Waals surface area contributed by atoms with E-state index >= 15 is 0 Å². The van der Waals surface area contributed by atoms with Crippen LogP contribution in [0.5, 0.6) is 11.5 Å². The van der Waals surface area contributed by atoms with Crippen molar-refractivity contribution in [3.8, 4) is 11.5 Å². The molecule has 0 radical (unpaired) electrons. The van der Waals surface area contributed by atoms with Crippen molar-refractivity contribution in [2.45, 2.75) is 20.4 Å². The van der Waals surface area contributed by atoms with E-state index in [4.69, 9.17) is 9.47 Å². The molecular weight excluding hydrogens is 334 g/mol. The largest absolute Gasteiger partial charge is 0.493 e. The molecule has 0 saturated heterocycles. The van der Waals surface area contributed by atoms with Gasteiger partial charge in [0.2, 0.25) is 0 Å². The standard InChI is InChI=1S/C19H23N3O4/c1-4-20-18(23)12-26-16-9-8-14(10-17(16)25-3)11-21-19(24)15-7-5-6-13(2)22-15/h5-10H,4,11-12H2,1-3H3,(H,20,23)(H,21,24). The second-order valence-electron chi connectivity index (χ2n) is 5.57. The van der Waals surface area contributed by atoms with Crippen molar-refractivity contribution in [2.24, 2.45) is 0 Å². The van der Waals surface area contributed by atoms with Gasteiger partial charge in [0, 0.05) is 18.8 Å². The monoisotopic (exact) mass is 357 g/mol. The summed E-state index contributed by atoms with van der Waals surface area (Å²) >= 11 is 0. The number of nitrogens with one attached hydrogen (secondary N) is 2. The van der Waals surface area contributed by atoms with Gasteiger partial charge in [-0.05, 0) is 43.7 Å². The van der Waals surface area contributed by atoms with Crippen LogP contribution in [0.25, 0.3) is 0 Å². The third kappa shape index (κ3) is 5.47.